The van der Waals surface area contributed by atoms with Gasteiger partial charge in [0.1, 0.15) is 0 Å². The second kappa shape index (κ2) is 4.92. The molecule has 2 aliphatic carbocycles. The summed E-state index contributed by atoms with van der Waals surface area (Å²) in [5.74, 6) is -3.15. The fourth-order valence-electron chi connectivity index (χ4n) is 4.28. The molecule has 3 rings (SSSR count). The number of amides is 2. The Balaban J connectivity index is 1.93. The number of halogens is 3. The Morgan fingerprint density at radius 2 is 1.39 bits per heavy atom. The molecule has 6 atom stereocenters. The summed E-state index contributed by atoms with van der Waals surface area (Å²) in [5, 5.41) is -0.150. The van der Waals surface area contributed by atoms with E-state index in [2.05, 4.69) is 4.28 Å². The molecule has 0 radical (unpaired) electrons. The molecule has 10 heteroatoms. The minimum atomic E-state index is -6.06. The number of nitrogens with zero attached hydrogens (tertiary/aromatic N) is 1. The molecule has 23 heavy (non-hydrogen) atoms. The van der Waals surface area contributed by atoms with Crippen LogP contribution in [0.2, 0.25) is 0 Å². The predicted octanol–water partition coefficient (Wildman–Crippen LogP) is 1.68. The van der Waals surface area contributed by atoms with Gasteiger partial charge in [0.2, 0.25) is 0 Å². The van der Waals surface area contributed by atoms with Crippen molar-refractivity contribution in [3.63, 3.8) is 0 Å². The monoisotopic (exact) mass is 355 g/mol. The molecule has 1 aliphatic heterocycles. The summed E-state index contributed by atoms with van der Waals surface area (Å²) in [6.07, 6.45) is 0.831. The lowest BCUT2D eigenvalue weighted by Crippen LogP contribution is -2.51. The van der Waals surface area contributed by atoms with Crippen molar-refractivity contribution < 1.29 is 35.5 Å². The summed E-state index contributed by atoms with van der Waals surface area (Å²) < 4.78 is 63.7. The van der Waals surface area contributed by atoms with Gasteiger partial charge < -0.3 is 0 Å². The van der Waals surface area contributed by atoms with Gasteiger partial charge in [0.25, 0.3) is 11.8 Å². The number of alkyl halides is 3. The fraction of sp³-hybridized carbons (Fsp3) is 0.846. The minimum Gasteiger partial charge on any atom is -0.272 e. The second-order valence-electron chi connectivity index (χ2n) is 6.74. The van der Waals surface area contributed by atoms with Gasteiger partial charge >= 0.3 is 15.6 Å². The summed E-state index contributed by atoms with van der Waals surface area (Å²) in [4.78, 5) is 24.7. The summed E-state index contributed by atoms with van der Waals surface area (Å²) in [5.41, 5.74) is -5.70. The first-order valence-corrected chi connectivity index (χ1v) is 8.75. The Bertz CT molecular complexity index is 627. The van der Waals surface area contributed by atoms with Crippen LogP contribution in [0.3, 0.4) is 0 Å². The number of carbonyl (C=O) groups is 2. The quantitative estimate of drug-likeness (QED) is 0.556. The van der Waals surface area contributed by atoms with Crippen molar-refractivity contribution in [2.45, 2.75) is 32.2 Å². The topological polar surface area (TPSA) is 80.8 Å². The maximum absolute atomic E-state index is 12.5. The van der Waals surface area contributed by atoms with E-state index in [4.69, 9.17) is 0 Å². The molecule has 1 saturated heterocycles. The van der Waals surface area contributed by atoms with Crippen LogP contribution in [-0.2, 0) is 24.0 Å². The van der Waals surface area contributed by atoms with Gasteiger partial charge in [-0.2, -0.15) is 21.6 Å². The summed E-state index contributed by atoms with van der Waals surface area (Å²) in [6.45, 7) is 3.84. The van der Waals surface area contributed by atoms with E-state index in [1.165, 1.54) is 0 Å². The number of carbonyl (C=O) groups excluding carboxylic acids is 2. The molecule has 0 aromatic carbocycles. The highest BCUT2D eigenvalue weighted by Gasteiger charge is 2.62. The minimum absolute atomic E-state index is 0.109. The van der Waals surface area contributed by atoms with E-state index in [0.29, 0.717) is 12.8 Å². The SMILES string of the molecule is CC1CC2C(=O)N(OS(=O)(=O)C(F)(F)F)C(=O)C3CC(C)C3C12. The first-order chi connectivity index (χ1) is 10.5. The molecule has 3 aliphatic rings. The normalized spacial score (nSPS) is 40.7. The van der Waals surface area contributed by atoms with Crippen LogP contribution < -0.4 is 0 Å². The molecule has 0 aromatic rings. The number of hydrogen-bond acceptors (Lipinski definition) is 5. The smallest absolute Gasteiger partial charge is 0.272 e. The molecule has 2 amide bonds. The second-order valence-corrected chi connectivity index (χ2v) is 8.26. The van der Waals surface area contributed by atoms with Crippen LogP contribution in [0.1, 0.15) is 26.7 Å². The van der Waals surface area contributed by atoms with Crippen LogP contribution >= 0.6 is 0 Å². The molecule has 0 aromatic heterocycles. The maximum atomic E-state index is 12.5. The third kappa shape index (κ3) is 2.29. The average Bonchev–Trinajstić information content (AvgIpc) is 2.46. The van der Waals surface area contributed by atoms with Crippen molar-refractivity contribution in [2.24, 2.45) is 35.5 Å². The summed E-state index contributed by atoms with van der Waals surface area (Å²) in [6, 6.07) is 0. The van der Waals surface area contributed by atoms with Crippen LogP contribution in [0.25, 0.3) is 0 Å². The van der Waals surface area contributed by atoms with Gasteiger partial charge in [0, 0.05) is 11.8 Å². The van der Waals surface area contributed by atoms with Gasteiger partial charge in [-0.05, 0) is 36.5 Å². The molecule has 0 N–H and O–H groups in total. The highest BCUT2D eigenvalue weighted by molar-refractivity contribution is 7.87. The number of hydroxylamine groups is 2. The van der Waals surface area contributed by atoms with Gasteiger partial charge in [0.05, 0.1) is 0 Å². The van der Waals surface area contributed by atoms with Crippen LogP contribution in [0.5, 0.6) is 0 Å². The van der Waals surface area contributed by atoms with Crippen LogP contribution in [0.15, 0.2) is 0 Å². The Hall–Kier alpha value is -1.16. The highest BCUT2D eigenvalue weighted by atomic mass is 32.2. The Morgan fingerprint density at radius 1 is 1.00 bits per heavy atom. The first kappa shape index (κ1) is 16.7. The molecule has 6 nitrogen and oxygen atoms in total. The molecular formula is C13H16F3NO5S. The van der Waals surface area contributed by atoms with Crippen molar-refractivity contribution in [3.8, 4) is 0 Å². The molecule has 0 spiro atoms. The van der Waals surface area contributed by atoms with Gasteiger partial charge in [-0.3, -0.25) is 9.59 Å². The van der Waals surface area contributed by atoms with E-state index in [1.54, 1.807) is 0 Å². The first-order valence-electron chi connectivity index (χ1n) is 7.34. The zero-order chi connectivity index (χ0) is 17.3. The van der Waals surface area contributed by atoms with Crippen molar-refractivity contribution in [1.29, 1.82) is 0 Å². The average molecular weight is 355 g/mol. The molecule has 6 unspecified atom stereocenters. The highest BCUT2D eigenvalue weighted by Crippen LogP contribution is 2.58. The predicted molar refractivity (Wildman–Crippen MR) is 69.4 cm³/mol. The van der Waals surface area contributed by atoms with Crippen molar-refractivity contribution >= 4 is 21.9 Å². The van der Waals surface area contributed by atoms with E-state index in [0.717, 1.165) is 0 Å². The van der Waals surface area contributed by atoms with Crippen molar-refractivity contribution in [1.82, 2.24) is 5.06 Å². The summed E-state index contributed by atoms with van der Waals surface area (Å²) >= 11 is 0. The molecule has 2 saturated carbocycles. The van der Waals surface area contributed by atoms with Crippen LogP contribution in [-0.4, -0.2) is 30.8 Å². The molecule has 3 fully saturated rings. The maximum Gasteiger partial charge on any atom is 0.525 e. The van der Waals surface area contributed by atoms with E-state index in [9.17, 15) is 31.2 Å². The number of hydrogen-bond donors (Lipinski definition) is 0. The van der Waals surface area contributed by atoms with Crippen LogP contribution in [0, 0.1) is 35.5 Å². The van der Waals surface area contributed by atoms with Crippen molar-refractivity contribution in [3.05, 3.63) is 0 Å². The molecule has 0 bridgehead atoms. The molecule has 1 heterocycles. The van der Waals surface area contributed by atoms with E-state index < -0.39 is 39.3 Å². The van der Waals surface area contributed by atoms with E-state index in [1.807, 2.05) is 13.8 Å². The standard InChI is InChI=1S/C13H16F3NO5S/c1-5-3-7-9(5)10-6(2)4-8(10)12(19)17(11(7)18)22-23(20,21)13(14,15)16/h5-10H,3-4H2,1-2H3. The summed E-state index contributed by atoms with van der Waals surface area (Å²) in [7, 11) is -6.06. The van der Waals surface area contributed by atoms with Gasteiger partial charge in [-0.1, -0.05) is 13.8 Å². The Morgan fingerprint density at radius 3 is 1.70 bits per heavy atom. The van der Waals surface area contributed by atoms with E-state index in [-0.39, 0.29) is 28.7 Å². The van der Waals surface area contributed by atoms with Gasteiger partial charge in [-0.15, -0.1) is 9.35 Å². The van der Waals surface area contributed by atoms with Gasteiger partial charge in [-0.25, -0.2) is 0 Å². The van der Waals surface area contributed by atoms with Gasteiger partial charge in [0.15, 0.2) is 0 Å². The number of imide groups is 1. The van der Waals surface area contributed by atoms with Crippen molar-refractivity contribution in [2.75, 3.05) is 0 Å². The largest absolute Gasteiger partial charge is 0.525 e. The van der Waals surface area contributed by atoms with E-state index >= 15 is 0 Å². The lowest BCUT2D eigenvalue weighted by molar-refractivity contribution is -0.181. The fourth-order valence-corrected chi connectivity index (χ4v) is 4.71. The molecule has 130 valence electrons. The number of rotatable bonds is 2. The Kier molecular flexibility index (Phi) is 3.57. The molecular weight excluding hydrogens is 339 g/mol. The lowest BCUT2D eigenvalue weighted by atomic mass is 9.50. The third-order valence-corrected chi connectivity index (χ3v) is 6.34. The zero-order valence-corrected chi connectivity index (χ0v) is 13.2. The Labute approximate surface area is 131 Å². The number of fused-ring (bicyclic) bond motifs is 3. The lowest BCUT2D eigenvalue weighted by Gasteiger charge is -2.53. The van der Waals surface area contributed by atoms with Crippen LogP contribution in [0.4, 0.5) is 13.2 Å². The zero-order valence-electron chi connectivity index (χ0n) is 12.4. The third-order valence-electron chi connectivity index (χ3n) is 5.43.